The van der Waals surface area contributed by atoms with Crippen LogP contribution in [0.15, 0.2) is 24.3 Å². The van der Waals surface area contributed by atoms with Crippen molar-refractivity contribution < 1.29 is 13.2 Å². The topological polar surface area (TPSA) is 55.4 Å². The van der Waals surface area contributed by atoms with Crippen LogP contribution >= 0.6 is 11.6 Å². The van der Waals surface area contributed by atoms with Gasteiger partial charge in [0.25, 0.3) is 0 Å². The molecule has 112 valence electrons. The minimum absolute atomic E-state index is 0.0545. The van der Waals surface area contributed by atoms with Gasteiger partial charge in [-0.2, -0.15) is 0 Å². The number of ether oxygens (including phenoxy) is 1. The zero-order valence-electron chi connectivity index (χ0n) is 11.5. The maximum atomic E-state index is 11.6. The largest absolute Gasteiger partial charge is 0.492 e. The Morgan fingerprint density at radius 3 is 2.65 bits per heavy atom. The Balaban J connectivity index is 1.74. The highest BCUT2D eigenvalue weighted by Gasteiger charge is 2.34. The van der Waals surface area contributed by atoms with Crippen LogP contribution in [0.4, 0.5) is 0 Å². The van der Waals surface area contributed by atoms with Crippen LogP contribution in [0.25, 0.3) is 0 Å². The Morgan fingerprint density at radius 2 is 2.00 bits per heavy atom. The molecule has 2 atom stereocenters. The summed E-state index contributed by atoms with van der Waals surface area (Å²) in [5.74, 6) is 0.766. The molecule has 0 spiro atoms. The van der Waals surface area contributed by atoms with Gasteiger partial charge in [-0.3, -0.25) is 0 Å². The summed E-state index contributed by atoms with van der Waals surface area (Å²) in [6.07, 6.45) is 3.96. The molecule has 20 heavy (non-hydrogen) atoms. The van der Waals surface area contributed by atoms with Gasteiger partial charge in [-0.1, -0.05) is 18.0 Å². The summed E-state index contributed by atoms with van der Waals surface area (Å²) in [4.78, 5) is 0. The molecule has 1 saturated carbocycles. The Labute approximate surface area is 125 Å². The molecule has 1 aromatic carbocycles. The molecule has 1 aromatic rings. The monoisotopic (exact) mass is 317 g/mol. The molecular weight excluding hydrogens is 298 g/mol. The molecule has 1 fully saturated rings. The Bertz CT molecular complexity index is 530. The Kier molecular flexibility index (Phi) is 5.29. The highest BCUT2D eigenvalue weighted by atomic mass is 35.5. The van der Waals surface area contributed by atoms with Gasteiger partial charge in [-0.25, -0.2) is 8.42 Å². The van der Waals surface area contributed by atoms with Crippen LogP contribution in [-0.4, -0.2) is 39.1 Å². The van der Waals surface area contributed by atoms with E-state index < -0.39 is 9.84 Å². The van der Waals surface area contributed by atoms with Crippen LogP contribution in [0.1, 0.15) is 19.3 Å². The van der Waals surface area contributed by atoms with E-state index in [-0.39, 0.29) is 11.3 Å². The van der Waals surface area contributed by atoms with E-state index in [4.69, 9.17) is 16.3 Å². The molecule has 0 saturated heterocycles. The summed E-state index contributed by atoms with van der Waals surface area (Å²) in [5, 5.41) is 3.72. The predicted octanol–water partition coefficient (Wildman–Crippen LogP) is 2.27. The van der Waals surface area contributed by atoms with Crippen LogP contribution in [0, 0.1) is 0 Å². The molecule has 0 amide bonds. The van der Waals surface area contributed by atoms with Gasteiger partial charge in [0.1, 0.15) is 12.4 Å². The lowest BCUT2D eigenvalue weighted by Crippen LogP contribution is -2.41. The number of halogens is 1. The van der Waals surface area contributed by atoms with Gasteiger partial charge < -0.3 is 10.1 Å². The number of hydrogen-bond donors (Lipinski definition) is 1. The first-order valence-electron chi connectivity index (χ1n) is 6.77. The molecule has 0 unspecified atom stereocenters. The number of rotatable bonds is 6. The van der Waals surface area contributed by atoms with Gasteiger partial charge in [0, 0.05) is 23.9 Å². The summed E-state index contributed by atoms with van der Waals surface area (Å²) in [7, 11) is -2.96. The second-order valence-electron chi connectivity index (χ2n) is 5.16. The SMILES string of the molecule is CS(=O)(=O)[C@H]1CCC[C@H]1NCCOc1ccc(Cl)cc1. The van der Waals surface area contributed by atoms with Crippen molar-refractivity contribution in [2.75, 3.05) is 19.4 Å². The van der Waals surface area contributed by atoms with E-state index in [1.165, 1.54) is 6.26 Å². The zero-order chi connectivity index (χ0) is 14.6. The molecule has 0 radical (unpaired) electrons. The maximum Gasteiger partial charge on any atom is 0.151 e. The van der Waals surface area contributed by atoms with E-state index in [0.717, 1.165) is 25.0 Å². The molecule has 4 nitrogen and oxygen atoms in total. The van der Waals surface area contributed by atoms with Crippen LogP contribution in [-0.2, 0) is 9.84 Å². The Morgan fingerprint density at radius 1 is 1.30 bits per heavy atom. The molecule has 1 aliphatic rings. The van der Waals surface area contributed by atoms with E-state index in [9.17, 15) is 8.42 Å². The van der Waals surface area contributed by atoms with Crippen molar-refractivity contribution in [1.29, 1.82) is 0 Å². The third-order valence-corrected chi connectivity index (χ3v) is 5.51. The summed E-state index contributed by atoms with van der Waals surface area (Å²) in [6.45, 7) is 1.15. The normalized spacial score (nSPS) is 22.9. The average molecular weight is 318 g/mol. The quantitative estimate of drug-likeness (QED) is 0.818. The first kappa shape index (κ1) is 15.6. The van der Waals surface area contributed by atoms with Crippen molar-refractivity contribution in [3.8, 4) is 5.75 Å². The molecule has 0 aromatic heterocycles. The van der Waals surface area contributed by atoms with Gasteiger partial charge in [0.15, 0.2) is 9.84 Å². The molecule has 0 bridgehead atoms. The lowest BCUT2D eigenvalue weighted by Gasteiger charge is -2.19. The smallest absolute Gasteiger partial charge is 0.151 e. The van der Waals surface area contributed by atoms with Crippen molar-refractivity contribution >= 4 is 21.4 Å². The van der Waals surface area contributed by atoms with Gasteiger partial charge >= 0.3 is 0 Å². The average Bonchev–Trinajstić information content (AvgIpc) is 2.85. The van der Waals surface area contributed by atoms with Crippen LogP contribution < -0.4 is 10.1 Å². The first-order valence-corrected chi connectivity index (χ1v) is 9.11. The second kappa shape index (κ2) is 6.78. The number of benzene rings is 1. The van der Waals surface area contributed by atoms with Gasteiger partial charge in [-0.15, -0.1) is 0 Å². The fourth-order valence-corrected chi connectivity index (χ4v) is 4.17. The number of sulfone groups is 1. The fourth-order valence-electron chi connectivity index (χ4n) is 2.62. The highest BCUT2D eigenvalue weighted by molar-refractivity contribution is 7.91. The summed E-state index contributed by atoms with van der Waals surface area (Å²) in [5.41, 5.74) is 0. The van der Waals surface area contributed by atoms with Crippen molar-refractivity contribution in [1.82, 2.24) is 5.32 Å². The summed E-state index contributed by atoms with van der Waals surface area (Å²) < 4.78 is 28.9. The molecule has 2 rings (SSSR count). The second-order valence-corrected chi connectivity index (χ2v) is 7.86. The van der Waals surface area contributed by atoms with Crippen molar-refractivity contribution in [3.63, 3.8) is 0 Å². The summed E-state index contributed by atoms with van der Waals surface area (Å²) in [6, 6.07) is 7.25. The maximum absolute atomic E-state index is 11.6. The van der Waals surface area contributed by atoms with E-state index in [1.54, 1.807) is 12.1 Å². The Hall–Kier alpha value is -0.780. The minimum Gasteiger partial charge on any atom is -0.492 e. The molecule has 6 heteroatoms. The van der Waals surface area contributed by atoms with Crippen molar-refractivity contribution in [2.24, 2.45) is 0 Å². The van der Waals surface area contributed by atoms with Gasteiger partial charge in [0.05, 0.1) is 5.25 Å². The van der Waals surface area contributed by atoms with E-state index in [0.29, 0.717) is 18.2 Å². The standard InChI is InChI=1S/C14H20ClNO3S/c1-20(17,18)14-4-2-3-13(14)16-9-10-19-12-7-5-11(15)6-8-12/h5-8,13-14,16H,2-4,9-10H2,1H3/t13-,14+/m1/s1. The van der Waals surface area contributed by atoms with Crippen molar-refractivity contribution in [2.45, 2.75) is 30.6 Å². The van der Waals surface area contributed by atoms with Crippen LogP contribution in [0.3, 0.4) is 0 Å². The lowest BCUT2D eigenvalue weighted by molar-refractivity contribution is 0.305. The fraction of sp³-hybridized carbons (Fsp3) is 0.571. The minimum atomic E-state index is -2.96. The lowest BCUT2D eigenvalue weighted by atomic mass is 10.2. The van der Waals surface area contributed by atoms with E-state index in [2.05, 4.69) is 5.32 Å². The van der Waals surface area contributed by atoms with Crippen LogP contribution in [0.2, 0.25) is 5.02 Å². The zero-order valence-corrected chi connectivity index (χ0v) is 13.1. The van der Waals surface area contributed by atoms with Gasteiger partial charge in [-0.05, 0) is 37.1 Å². The third kappa shape index (κ3) is 4.36. The first-order chi connectivity index (χ1) is 9.47. The van der Waals surface area contributed by atoms with E-state index >= 15 is 0 Å². The molecule has 0 aliphatic heterocycles. The predicted molar refractivity (Wildman–Crippen MR) is 81.2 cm³/mol. The molecule has 1 N–H and O–H groups in total. The number of hydrogen-bond acceptors (Lipinski definition) is 4. The van der Waals surface area contributed by atoms with Crippen LogP contribution in [0.5, 0.6) is 5.75 Å². The molecule has 1 aliphatic carbocycles. The molecular formula is C14H20ClNO3S. The summed E-state index contributed by atoms with van der Waals surface area (Å²) >= 11 is 5.79. The van der Waals surface area contributed by atoms with Gasteiger partial charge in [0.2, 0.25) is 0 Å². The number of nitrogens with one attached hydrogen (secondary N) is 1. The van der Waals surface area contributed by atoms with Crippen molar-refractivity contribution in [3.05, 3.63) is 29.3 Å². The highest BCUT2D eigenvalue weighted by Crippen LogP contribution is 2.24. The molecule has 0 heterocycles. The van der Waals surface area contributed by atoms with E-state index in [1.807, 2.05) is 12.1 Å². The third-order valence-electron chi connectivity index (χ3n) is 3.59.